The largest absolute Gasteiger partial charge is 0.336 e. The Morgan fingerprint density at radius 2 is 2.20 bits per heavy atom. The zero-order chi connectivity index (χ0) is 14.0. The zero-order valence-electron chi connectivity index (χ0n) is 12.3. The quantitative estimate of drug-likeness (QED) is 0.923. The minimum absolute atomic E-state index is 0.305. The molecule has 20 heavy (non-hydrogen) atoms. The van der Waals surface area contributed by atoms with E-state index < -0.39 is 0 Å². The van der Waals surface area contributed by atoms with Gasteiger partial charge < -0.3 is 9.88 Å². The van der Waals surface area contributed by atoms with Crippen LogP contribution in [0.4, 0.5) is 0 Å². The summed E-state index contributed by atoms with van der Waals surface area (Å²) in [5, 5.41) is 3.71. The molecule has 1 unspecified atom stereocenters. The predicted octanol–water partition coefficient (Wildman–Crippen LogP) is 3.29. The summed E-state index contributed by atoms with van der Waals surface area (Å²) in [7, 11) is 0. The fraction of sp³-hybridized carbons (Fsp3) is 0.471. The first-order valence-electron chi connectivity index (χ1n) is 7.45. The van der Waals surface area contributed by atoms with Gasteiger partial charge in [-0.2, -0.15) is 0 Å². The second-order valence-electron chi connectivity index (χ2n) is 6.32. The maximum absolute atomic E-state index is 4.08. The highest BCUT2D eigenvalue weighted by molar-refractivity contribution is 5.38. The molecule has 1 aliphatic carbocycles. The van der Waals surface area contributed by atoms with Gasteiger partial charge in [0, 0.05) is 31.5 Å². The van der Waals surface area contributed by atoms with Crippen LogP contribution in [0.5, 0.6) is 0 Å². The van der Waals surface area contributed by atoms with Crippen molar-refractivity contribution in [2.75, 3.05) is 6.54 Å². The van der Waals surface area contributed by atoms with Gasteiger partial charge in [0.05, 0.1) is 6.33 Å². The number of nitrogens with zero attached hydrogens (tertiary/aromatic N) is 2. The maximum Gasteiger partial charge on any atom is 0.0946 e. The van der Waals surface area contributed by atoms with Gasteiger partial charge in [0.15, 0.2) is 0 Å². The lowest BCUT2D eigenvalue weighted by Gasteiger charge is -2.37. The van der Waals surface area contributed by atoms with Gasteiger partial charge in [-0.1, -0.05) is 38.1 Å². The first-order valence-corrected chi connectivity index (χ1v) is 7.45. The van der Waals surface area contributed by atoms with E-state index >= 15 is 0 Å². The topological polar surface area (TPSA) is 29.9 Å². The van der Waals surface area contributed by atoms with Gasteiger partial charge in [0.25, 0.3) is 0 Å². The molecular weight excluding hydrogens is 246 g/mol. The van der Waals surface area contributed by atoms with Gasteiger partial charge in [-0.15, -0.1) is 0 Å². The lowest BCUT2D eigenvalue weighted by molar-refractivity contribution is 0.355. The Kier molecular flexibility index (Phi) is 3.62. The highest BCUT2D eigenvalue weighted by Crippen LogP contribution is 2.41. The molecule has 0 saturated carbocycles. The van der Waals surface area contributed by atoms with E-state index in [2.05, 4.69) is 53.0 Å². The van der Waals surface area contributed by atoms with E-state index in [-0.39, 0.29) is 0 Å². The van der Waals surface area contributed by atoms with Crippen molar-refractivity contribution in [2.45, 2.75) is 44.7 Å². The van der Waals surface area contributed by atoms with Crippen LogP contribution < -0.4 is 5.32 Å². The van der Waals surface area contributed by atoms with Crippen LogP contribution in [0.15, 0.2) is 43.0 Å². The molecule has 0 radical (unpaired) electrons. The average Bonchev–Trinajstić information content (AvgIpc) is 2.95. The van der Waals surface area contributed by atoms with Crippen molar-refractivity contribution < 1.29 is 0 Å². The molecule has 1 aromatic carbocycles. The Balaban J connectivity index is 1.69. The number of hydrogen-bond donors (Lipinski definition) is 1. The molecule has 0 fully saturated rings. The van der Waals surface area contributed by atoms with Crippen molar-refractivity contribution in [3.8, 4) is 0 Å². The number of benzene rings is 1. The predicted molar refractivity (Wildman–Crippen MR) is 81.7 cm³/mol. The average molecular weight is 269 g/mol. The number of aromatic nitrogens is 2. The molecule has 0 spiro atoms. The third kappa shape index (κ3) is 2.63. The van der Waals surface area contributed by atoms with Crippen molar-refractivity contribution >= 4 is 0 Å². The maximum atomic E-state index is 4.08. The minimum atomic E-state index is 0.305. The summed E-state index contributed by atoms with van der Waals surface area (Å²) < 4.78 is 2.12. The number of nitrogens with one attached hydrogen (secondary N) is 1. The third-order valence-electron chi connectivity index (χ3n) is 4.44. The van der Waals surface area contributed by atoms with Crippen molar-refractivity contribution in [3.05, 3.63) is 54.1 Å². The number of rotatable bonds is 4. The molecule has 1 atom stereocenters. The normalized spacial score (nSPS) is 20.6. The second kappa shape index (κ2) is 5.41. The molecule has 3 nitrogen and oxygen atoms in total. The molecule has 0 aliphatic heterocycles. The fourth-order valence-electron chi connectivity index (χ4n) is 3.21. The summed E-state index contributed by atoms with van der Waals surface area (Å²) in [5.41, 5.74) is 3.29. The number of imidazole rings is 1. The van der Waals surface area contributed by atoms with Crippen LogP contribution in [0, 0.1) is 0 Å². The molecule has 1 N–H and O–H groups in total. The molecule has 3 rings (SSSR count). The van der Waals surface area contributed by atoms with Crippen LogP contribution in [0.25, 0.3) is 0 Å². The lowest BCUT2D eigenvalue weighted by atomic mass is 9.71. The smallest absolute Gasteiger partial charge is 0.0946 e. The van der Waals surface area contributed by atoms with Crippen LogP contribution in [-0.2, 0) is 12.0 Å². The molecule has 0 saturated heterocycles. The van der Waals surface area contributed by atoms with Gasteiger partial charge in [-0.05, 0) is 29.4 Å². The van der Waals surface area contributed by atoms with E-state index in [9.17, 15) is 0 Å². The van der Waals surface area contributed by atoms with E-state index in [1.165, 1.54) is 24.0 Å². The van der Waals surface area contributed by atoms with Gasteiger partial charge >= 0.3 is 0 Å². The first kappa shape index (κ1) is 13.4. The van der Waals surface area contributed by atoms with Gasteiger partial charge in [0.1, 0.15) is 0 Å². The molecule has 1 heterocycles. The monoisotopic (exact) mass is 269 g/mol. The van der Waals surface area contributed by atoms with Gasteiger partial charge in [-0.25, -0.2) is 4.98 Å². The Hall–Kier alpha value is -1.61. The lowest BCUT2D eigenvalue weighted by Crippen LogP contribution is -2.33. The van der Waals surface area contributed by atoms with Crippen molar-refractivity contribution in [3.63, 3.8) is 0 Å². The number of fused-ring (bicyclic) bond motifs is 1. The molecule has 1 aromatic heterocycles. The third-order valence-corrected chi connectivity index (χ3v) is 4.44. The van der Waals surface area contributed by atoms with Crippen molar-refractivity contribution in [2.24, 2.45) is 0 Å². The zero-order valence-corrected chi connectivity index (χ0v) is 12.3. The molecule has 0 bridgehead atoms. The molecule has 2 aromatic rings. The Morgan fingerprint density at radius 1 is 1.35 bits per heavy atom. The molecular formula is C17H23N3. The van der Waals surface area contributed by atoms with Gasteiger partial charge in [-0.3, -0.25) is 0 Å². The molecule has 106 valence electrons. The highest BCUT2D eigenvalue weighted by atomic mass is 15.0. The highest BCUT2D eigenvalue weighted by Gasteiger charge is 2.31. The second-order valence-corrected chi connectivity index (χ2v) is 6.32. The number of hydrogen-bond acceptors (Lipinski definition) is 2. The van der Waals surface area contributed by atoms with Crippen molar-refractivity contribution in [1.82, 2.24) is 14.9 Å². The van der Waals surface area contributed by atoms with Crippen molar-refractivity contribution in [1.29, 1.82) is 0 Å². The van der Waals surface area contributed by atoms with Crippen LogP contribution in [-0.4, -0.2) is 16.1 Å². The molecule has 1 aliphatic rings. The summed E-state index contributed by atoms with van der Waals surface area (Å²) in [5.74, 6) is 0. The minimum Gasteiger partial charge on any atom is -0.336 e. The SMILES string of the molecule is CC1(C)CCC(NCCn2ccnc2)c2ccccc21. The first-order chi connectivity index (χ1) is 9.67. The van der Waals surface area contributed by atoms with E-state index in [1.807, 2.05) is 18.7 Å². The summed E-state index contributed by atoms with van der Waals surface area (Å²) in [6, 6.07) is 9.38. The Bertz CT molecular complexity index is 557. The van der Waals surface area contributed by atoms with E-state index in [4.69, 9.17) is 0 Å². The summed E-state index contributed by atoms with van der Waals surface area (Å²) in [4.78, 5) is 4.08. The fourth-order valence-corrected chi connectivity index (χ4v) is 3.21. The van der Waals surface area contributed by atoms with Crippen LogP contribution in [0.2, 0.25) is 0 Å². The molecule has 3 heteroatoms. The van der Waals surface area contributed by atoms with Gasteiger partial charge in [0.2, 0.25) is 0 Å². The van der Waals surface area contributed by atoms with Crippen LogP contribution in [0.1, 0.15) is 43.9 Å². The Morgan fingerprint density at radius 3 is 3.00 bits per heavy atom. The Labute approximate surface area is 121 Å². The summed E-state index contributed by atoms with van der Waals surface area (Å²) >= 11 is 0. The van der Waals surface area contributed by atoms with Crippen LogP contribution in [0.3, 0.4) is 0 Å². The van der Waals surface area contributed by atoms with E-state index in [0.29, 0.717) is 11.5 Å². The van der Waals surface area contributed by atoms with Crippen LogP contribution >= 0.6 is 0 Å². The van der Waals surface area contributed by atoms with E-state index in [1.54, 1.807) is 0 Å². The summed E-state index contributed by atoms with van der Waals surface area (Å²) in [6.45, 7) is 6.67. The molecule has 0 amide bonds. The van der Waals surface area contributed by atoms with E-state index in [0.717, 1.165) is 13.1 Å². The summed E-state index contributed by atoms with van der Waals surface area (Å²) in [6.07, 6.45) is 8.18. The standard InChI is InChI=1S/C17H23N3/c1-17(2)8-7-16(14-5-3-4-6-15(14)17)19-10-12-20-11-9-18-13-20/h3-6,9,11,13,16,19H,7-8,10,12H2,1-2H3.